The van der Waals surface area contributed by atoms with Crippen molar-refractivity contribution in [3.05, 3.63) is 11.0 Å². The highest BCUT2D eigenvalue weighted by Gasteiger charge is 2.08. The first kappa shape index (κ1) is 12.0. The van der Waals surface area contributed by atoms with Crippen molar-refractivity contribution in [3.8, 4) is 5.88 Å². The molecule has 1 rings (SSSR count). The highest BCUT2D eigenvalue weighted by atomic mass is 35.5. The molecule has 0 aliphatic rings. The minimum absolute atomic E-state index is 0.168. The minimum Gasteiger partial charge on any atom is -0.476 e. The topological polar surface area (TPSA) is 61.0 Å². The van der Waals surface area contributed by atoms with Crippen LogP contribution in [-0.2, 0) is 0 Å². The number of nitrogens with zero attached hydrogens (tertiary/aromatic N) is 2. The van der Waals surface area contributed by atoms with Crippen molar-refractivity contribution in [2.45, 2.75) is 27.2 Å². The first-order valence-electron chi connectivity index (χ1n) is 4.93. The van der Waals surface area contributed by atoms with Gasteiger partial charge in [0.05, 0.1) is 12.3 Å². The van der Waals surface area contributed by atoms with Crippen molar-refractivity contribution in [1.82, 2.24) is 9.97 Å². The summed E-state index contributed by atoms with van der Waals surface area (Å²) in [4.78, 5) is 7.86. The maximum absolute atomic E-state index is 5.76. The van der Waals surface area contributed by atoms with E-state index in [1.165, 1.54) is 0 Å². The maximum atomic E-state index is 5.76. The van der Waals surface area contributed by atoms with Gasteiger partial charge in [-0.25, -0.2) is 4.98 Å². The Morgan fingerprint density at radius 3 is 2.67 bits per heavy atom. The first-order chi connectivity index (χ1) is 7.00. The zero-order valence-electron chi connectivity index (χ0n) is 9.25. The Labute approximate surface area is 94.8 Å². The largest absolute Gasteiger partial charge is 0.476 e. The zero-order valence-corrected chi connectivity index (χ0v) is 10.0. The Balaban J connectivity index is 2.68. The SMILES string of the molecule is Cc1nc(Cl)nc(OCCC(C)C)c1N. The molecule has 5 heteroatoms. The van der Waals surface area contributed by atoms with Crippen LogP contribution in [0.4, 0.5) is 5.69 Å². The van der Waals surface area contributed by atoms with Crippen LogP contribution in [0.3, 0.4) is 0 Å². The third kappa shape index (κ3) is 3.55. The average molecular weight is 230 g/mol. The molecule has 0 unspecified atom stereocenters. The van der Waals surface area contributed by atoms with E-state index in [1.807, 2.05) is 0 Å². The number of hydrogen-bond donors (Lipinski definition) is 1. The van der Waals surface area contributed by atoms with Crippen molar-refractivity contribution >= 4 is 17.3 Å². The quantitative estimate of drug-likeness (QED) is 0.806. The Bertz CT molecular complexity index is 342. The van der Waals surface area contributed by atoms with E-state index >= 15 is 0 Å². The lowest BCUT2D eigenvalue weighted by Crippen LogP contribution is -2.07. The highest BCUT2D eigenvalue weighted by Crippen LogP contribution is 2.23. The van der Waals surface area contributed by atoms with Gasteiger partial charge in [0.15, 0.2) is 0 Å². The predicted octanol–water partition coefficient (Wildman–Crippen LogP) is 2.45. The number of rotatable bonds is 4. The van der Waals surface area contributed by atoms with E-state index in [-0.39, 0.29) is 5.28 Å². The van der Waals surface area contributed by atoms with Crippen molar-refractivity contribution in [2.24, 2.45) is 5.92 Å². The second-order valence-corrected chi connectivity index (χ2v) is 4.17. The molecule has 0 saturated carbocycles. The summed E-state index contributed by atoms with van der Waals surface area (Å²) in [5.74, 6) is 0.970. The van der Waals surface area contributed by atoms with Crippen LogP contribution in [0.2, 0.25) is 5.28 Å². The van der Waals surface area contributed by atoms with Gasteiger partial charge in [0, 0.05) is 0 Å². The number of hydrogen-bond acceptors (Lipinski definition) is 4. The summed E-state index contributed by atoms with van der Waals surface area (Å²) < 4.78 is 5.45. The summed E-state index contributed by atoms with van der Waals surface area (Å²) in [6.45, 7) is 6.63. The number of anilines is 1. The molecule has 1 heterocycles. The van der Waals surface area contributed by atoms with E-state index in [4.69, 9.17) is 22.1 Å². The number of nitrogen functional groups attached to an aromatic ring is 1. The molecule has 4 nitrogen and oxygen atoms in total. The average Bonchev–Trinajstić information content (AvgIpc) is 2.12. The van der Waals surface area contributed by atoms with Gasteiger partial charge in [-0.05, 0) is 30.9 Å². The van der Waals surface area contributed by atoms with Crippen LogP contribution in [-0.4, -0.2) is 16.6 Å². The predicted molar refractivity (Wildman–Crippen MR) is 61.1 cm³/mol. The van der Waals surface area contributed by atoms with E-state index in [0.717, 1.165) is 6.42 Å². The fraction of sp³-hybridized carbons (Fsp3) is 0.600. The number of nitrogens with two attached hydrogens (primary N) is 1. The molecule has 0 saturated heterocycles. The lowest BCUT2D eigenvalue weighted by atomic mass is 10.1. The molecular weight excluding hydrogens is 214 g/mol. The summed E-state index contributed by atoms with van der Waals surface area (Å²) in [7, 11) is 0. The van der Waals surface area contributed by atoms with E-state index < -0.39 is 0 Å². The van der Waals surface area contributed by atoms with Crippen LogP contribution >= 0.6 is 11.6 Å². The van der Waals surface area contributed by atoms with Gasteiger partial charge in [0.2, 0.25) is 11.2 Å². The Kier molecular flexibility index (Phi) is 4.15. The lowest BCUT2D eigenvalue weighted by Gasteiger charge is -2.10. The van der Waals surface area contributed by atoms with Gasteiger partial charge in [0.25, 0.3) is 0 Å². The van der Waals surface area contributed by atoms with Gasteiger partial charge in [0.1, 0.15) is 5.69 Å². The van der Waals surface area contributed by atoms with Gasteiger partial charge in [-0.3, -0.25) is 0 Å². The molecular formula is C10H16ClN3O. The molecule has 1 aromatic heterocycles. The van der Waals surface area contributed by atoms with E-state index in [2.05, 4.69) is 23.8 Å². The van der Waals surface area contributed by atoms with Crippen LogP contribution in [0.25, 0.3) is 0 Å². The molecule has 0 aliphatic carbocycles. The fourth-order valence-electron chi connectivity index (χ4n) is 1.02. The number of ether oxygens (including phenoxy) is 1. The van der Waals surface area contributed by atoms with Crippen molar-refractivity contribution < 1.29 is 4.74 Å². The van der Waals surface area contributed by atoms with Gasteiger partial charge < -0.3 is 10.5 Å². The van der Waals surface area contributed by atoms with Crippen molar-refractivity contribution in [3.63, 3.8) is 0 Å². The van der Waals surface area contributed by atoms with E-state index in [1.54, 1.807) is 6.92 Å². The zero-order chi connectivity index (χ0) is 11.4. The van der Waals surface area contributed by atoms with E-state index in [0.29, 0.717) is 29.8 Å². The van der Waals surface area contributed by atoms with E-state index in [9.17, 15) is 0 Å². The molecule has 0 spiro atoms. The highest BCUT2D eigenvalue weighted by molar-refractivity contribution is 6.28. The molecule has 84 valence electrons. The fourth-order valence-corrected chi connectivity index (χ4v) is 1.23. The smallest absolute Gasteiger partial charge is 0.241 e. The molecule has 0 aromatic carbocycles. The molecule has 0 bridgehead atoms. The summed E-state index contributed by atoms with van der Waals surface area (Å²) in [6, 6.07) is 0. The summed E-state index contributed by atoms with van der Waals surface area (Å²) in [5, 5.41) is 0.168. The van der Waals surface area contributed by atoms with Crippen LogP contribution in [0, 0.1) is 12.8 Å². The van der Waals surface area contributed by atoms with Gasteiger partial charge in [-0.15, -0.1) is 0 Å². The van der Waals surface area contributed by atoms with Crippen LogP contribution < -0.4 is 10.5 Å². The molecule has 2 N–H and O–H groups in total. The Morgan fingerprint density at radius 1 is 1.40 bits per heavy atom. The Hall–Kier alpha value is -1.03. The molecule has 15 heavy (non-hydrogen) atoms. The van der Waals surface area contributed by atoms with Gasteiger partial charge in [-0.1, -0.05) is 13.8 Å². The second-order valence-electron chi connectivity index (χ2n) is 3.83. The number of halogens is 1. The van der Waals surface area contributed by atoms with Gasteiger partial charge in [-0.2, -0.15) is 4.98 Å². The minimum atomic E-state index is 0.168. The van der Waals surface area contributed by atoms with Crippen molar-refractivity contribution in [1.29, 1.82) is 0 Å². The summed E-state index contributed by atoms with van der Waals surface area (Å²) >= 11 is 5.71. The van der Waals surface area contributed by atoms with Crippen LogP contribution in [0.1, 0.15) is 26.0 Å². The Morgan fingerprint density at radius 2 is 2.07 bits per heavy atom. The third-order valence-electron chi connectivity index (χ3n) is 2.01. The second kappa shape index (κ2) is 5.16. The lowest BCUT2D eigenvalue weighted by molar-refractivity contribution is 0.280. The normalized spacial score (nSPS) is 10.7. The first-order valence-corrected chi connectivity index (χ1v) is 5.31. The molecule has 0 atom stereocenters. The molecule has 0 amide bonds. The number of aryl methyl sites for hydroxylation is 1. The third-order valence-corrected chi connectivity index (χ3v) is 2.18. The molecule has 0 aliphatic heterocycles. The van der Waals surface area contributed by atoms with Crippen molar-refractivity contribution in [2.75, 3.05) is 12.3 Å². The maximum Gasteiger partial charge on any atom is 0.241 e. The monoisotopic (exact) mass is 229 g/mol. The van der Waals surface area contributed by atoms with Gasteiger partial charge >= 0.3 is 0 Å². The standard InChI is InChI=1S/C10H16ClN3O/c1-6(2)4-5-15-9-8(12)7(3)13-10(11)14-9/h6H,4-5,12H2,1-3H3. The summed E-state index contributed by atoms with van der Waals surface area (Å²) in [6.07, 6.45) is 0.958. The van der Waals surface area contributed by atoms with Crippen LogP contribution in [0.15, 0.2) is 0 Å². The summed E-state index contributed by atoms with van der Waals surface area (Å²) in [5.41, 5.74) is 6.87. The molecule has 0 fully saturated rings. The number of aromatic nitrogens is 2. The molecule has 1 aromatic rings. The van der Waals surface area contributed by atoms with Crippen LogP contribution in [0.5, 0.6) is 5.88 Å². The molecule has 0 radical (unpaired) electrons.